The number of rotatable bonds is 4. The normalized spacial score (nSPS) is 11.4. The molecule has 16 heavy (non-hydrogen) atoms. The largest absolute Gasteiger partial charge is 0.351 e. The highest BCUT2D eigenvalue weighted by molar-refractivity contribution is 7.91. The first-order valence-electron chi connectivity index (χ1n) is 4.63. The summed E-state index contributed by atoms with van der Waals surface area (Å²) in [5.74, 6) is -0.327. The average molecular weight is 282 g/mol. The van der Waals surface area contributed by atoms with Gasteiger partial charge in [-0.1, -0.05) is 18.5 Å². The van der Waals surface area contributed by atoms with E-state index in [-0.39, 0.29) is 20.7 Å². The first kappa shape index (κ1) is 13.5. The SMILES string of the molecule is CCCNC(=O)c1scc(S(C)(=O)=O)c1Cl. The van der Waals surface area contributed by atoms with Crippen LogP contribution in [0.25, 0.3) is 0 Å². The molecule has 0 radical (unpaired) electrons. The highest BCUT2D eigenvalue weighted by atomic mass is 35.5. The van der Waals surface area contributed by atoms with Gasteiger partial charge in [0.1, 0.15) is 4.88 Å². The van der Waals surface area contributed by atoms with Gasteiger partial charge in [0, 0.05) is 18.2 Å². The van der Waals surface area contributed by atoms with Crippen LogP contribution in [0, 0.1) is 0 Å². The predicted octanol–water partition coefficient (Wildman–Crippen LogP) is 1.94. The second-order valence-corrected chi connectivity index (χ2v) is 6.51. The Kier molecular flexibility index (Phi) is 4.35. The van der Waals surface area contributed by atoms with Gasteiger partial charge in [0.05, 0.1) is 9.92 Å². The second kappa shape index (κ2) is 5.16. The third-order valence-electron chi connectivity index (χ3n) is 1.84. The molecule has 0 aliphatic carbocycles. The summed E-state index contributed by atoms with van der Waals surface area (Å²) >= 11 is 6.89. The number of carbonyl (C=O) groups excluding carboxylic acids is 1. The lowest BCUT2D eigenvalue weighted by Gasteiger charge is -2.01. The van der Waals surface area contributed by atoms with Crippen LogP contribution >= 0.6 is 22.9 Å². The Labute approximate surface area is 104 Å². The van der Waals surface area contributed by atoms with Crippen LogP contribution in [0.2, 0.25) is 5.02 Å². The van der Waals surface area contributed by atoms with E-state index in [0.29, 0.717) is 6.54 Å². The van der Waals surface area contributed by atoms with Gasteiger partial charge in [0.25, 0.3) is 5.91 Å². The standard InChI is InChI=1S/C9H12ClNO3S2/c1-3-4-11-9(12)8-7(10)6(5-15-8)16(2,13)14/h5H,3-4H2,1-2H3,(H,11,12). The first-order valence-corrected chi connectivity index (χ1v) is 7.78. The van der Waals surface area contributed by atoms with Crippen LogP contribution in [-0.2, 0) is 9.84 Å². The molecule has 0 aromatic carbocycles. The lowest BCUT2D eigenvalue weighted by Crippen LogP contribution is -2.23. The molecular weight excluding hydrogens is 270 g/mol. The van der Waals surface area contributed by atoms with Crippen molar-refractivity contribution in [2.75, 3.05) is 12.8 Å². The molecule has 0 bridgehead atoms. The van der Waals surface area contributed by atoms with Crippen LogP contribution in [0.4, 0.5) is 0 Å². The number of hydrogen-bond acceptors (Lipinski definition) is 4. The van der Waals surface area contributed by atoms with Crippen molar-refractivity contribution in [3.63, 3.8) is 0 Å². The molecular formula is C9H12ClNO3S2. The summed E-state index contributed by atoms with van der Waals surface area (Å²) in [6.45, 7) is 2.47. The topological polar surface area (TPSA) is 63.2 Å². The van der Waals surface area contributed by atoms with Crippen molar-refractivity contribution in [1.82, 2.24) is 5.32 Å². The number of nitrogens with one attached hydrogen (secondary N) is 1. The molecule has 0 spiro atoms. The Hall–Kier alpha value is -0.590. The molecule has 0 atom stereocenters. The monoisotopic (exact) mass is 281 g/mol. The van der Waals surface area contributed by atoms with Crippen LogP contribution in [0.5, 0.6) is 0 Å². The van der Waals surface area contributed by atoms with Crippen molar-refractivity contribution < 1.29 is 13.2 Å². The maximum Gasteiger partial charge on any atom is 0.262 e. The maximum absolute atomic E-state index is 11.6. The van der Waals surface area contributed by atoms with Crippen LogP contribution in [-0.4, -0.2) is 27.1 Å². The summed E-state index contributed by atoms with van der Waals surface area (Å²) in [6, 6.07) is 0. The van der Waals surface area contributed by atoms with Crippen LogP contribution in [0.1, 0.15) is 23.0 Å². The third kappa shape index (κ3) is 2.96. The molecule has 0 aliphatic heterocycles. The smallest absolute Gasteiger partial charge is 0.262 e. The van der Waals surface area contributed by atoms with Gasteiger partial charge < -0.3 is 5.32 Å². The molecule has 1 rings (SSSR count). The van der Waals surface area contributed by atoms with Gasteiger partial charge in [-0.25, -0.2) is 8.42 Å². The zero-order valence-corrected chi connectivity index (χ0v) is 11.3. The Balaban J connectivity index is 3.01. The zero-order valence-electron chi connectivity index (χ0n) is 8.91. The van der Waals surface area contributed by atoms with Gasteiger partial charge in [-0.3, -0.25) is 4.79 Å². The van der Waals surface area contributed by atoms with E-state index in [4.69, 9.17) is 11.6 Å². The lowest BCUT2D eigenvalue weighted by molar-refractivity contribution is 0.0957. The van der Waals surface area contributed by atoms with Crippen molar-refractivity contribution >= 4 is 38.7 Å². The third-order valence-corrected chi connectivity index (χ3v) is 4.71. The quantitative estimate of drug-likeness (QED) is 0.917. The zero-order chi connectivity index (χ0) is 12.3. The number of carbonyl (C=O) groups is 1. The number of hydrogen-bond donors (Lipinski definition) is 1. The summed E-state index contributed by atoms with van der Waals surface area (Å²) < 4.78 is 22.6. The van der Waals surface area contributed by atoms with Crippen molar-refractivity contribution in [3.8, 4) is 0 Å². The molecule has 4 nitrogen and oxygen atoms in total. The predicted molar refractivity (Wildman–Crippen MR) is 65.1 cm³/mol. The fraction of sp³-hybridized carbons (Fsp3) is 0.444. The van der Waals surface area contributed by atoms with E-state index in [1.165, 1.54) is 5.38 Å². The maximum atomic E-state index is 11.6. The van der Waals surface area contributed by atoms with Crippen LogP contribution in [0.3, 0.4) is 0 Å². The minimum Gasteiger partial charge on any atom is -0.351 e. The van der Waals surface area contributed by atoms with Crippen LogP contribution < -0.4 is 5.32 Å². The molecule has 1 heterocycles. The first-order chi connectivity index (χ1) is 7.38. The van der Waals surface area contributed by atoms with E-state index in [0.717, 1.165) is 24.0 Å². The summed E-state index contributed by atoms with van der Waals surface area (Å²) in [5, 5.41) is 4.05. The Bertz CT molecular complexity index is 493. The van der Waals surface area contributed by atoms with E-state index >= 15 is 0 Å². The van der Waals surface area contributed by atoms with E-state index < -0.39 is 9.84 Å². The number of thiophene rings is 1. The molecule has 1 aromatic rings. The Morgan fingerprint density at radius 2 is 2.19 bits per heavy atom. The van der Waals surface area contributed by atoms with Crippen molar-refractivity contribution in [1.29, 1.82) is 0 Å². The molecule has 1 amide bonds. The van der Waals surface area contributed by atoms with Crippen LogP contribution in [0.15, 0.2) is 10.3 Å². The number of sulfone groups is 1. The van der Waals surface area contributed by atoms with Crippen molar-refractivity contribution in [3.05, 3.63) is 15.3 Å². The number of halogens is 1. The Morgan fingerprint density at radius 1 is 1.56 bits per heavy atom. The summed E-state index contributed by atoms with van der Waals surface area (Å²) in [5.41, 5.74) is 0. The molecule has 0 aliphatic rings. The molecule has 0 unspecified atom stereocenters. The van der Waals surface area contributed by atoms with Gasteiger partial charge in [-0.05, 0) is 6.42 Å². The summed E-state index contributed by atoms with van der Waals surface area (Å²) in [6.07, 6.45) is 1.88. The summed E-state index contributed by atoms with van der Waals surface area (Å²) in [4.78, 5) is 11.8. The van der Waals surface area contributed by atoms with E-state index in [2.05, 4.69) is 5.32 Å². The van der Waals surface area contributed by atoms with E-state index in [9.17, 15) is 13.2 Å². The fourth-order valence-electron chi connectivity index (χ4n) is 1.05. The second-order valence-electron chi connectivity index (χ2n) is 3.27. The number of amides is 1. The minimum atomic E-state index is -3.37. The molecule has 90 valence electrons. The van der Waals surface area contributed by atoms with Crippen molar-refractivity contribution in [2.24, 2.45) is 0 Å². The molecule has 1 aromatic heterocycles. The minimum absolute atomic E-state index is 0.0146. The highest BCUT2D eigenvalue weighted by Gasteiger charge is 2.21. The highest BCUT2D eigenvalue weighted by Crippen LogP contribution is 2.31. The summed E-state index contributed by atoms with van der Waals surface area (Å²) in [7, 11) is -3.37. The van der Waals surface area contributed by atoms with E-state index in [1.807, 2.05) is 6.92 Å². The van der Waals surface area contributed by atoms with E-state index in [1.54, 1.807) is 0 Å². The van der Waals surface area contributed by atoms with Gasteiger partial charge in [0.2, 0.25) is 0 Å². The molecule has 7 heteroatoms. The van der Waals surface area contributed by atoms with Gasteiger partial charge >= 0.3 is 0 Å². The molecule has 0 saturated carbocycles. The molecule has 1 N–H and O–H groups in total. The van der Waals surface area contributed by atoms with Gasteiger partial charge in [-0.15, -0.1) is 11.3 Å². The van der Waals surface area contributed by atoms with Gasteiger partial charge in [-0.2, -0.15) is 0 Å². The van der Waals surface area contributed by atoms with Crippen molar-refractivity contribution in [2.45, 2.75) is 18.2 Å². The molecule has 0 fully saturated rings. The molecule has 0 saturated heterocycles. The lowest BCUT2D eigenvalue weighted by atomic mass is 10.4. The Morgan fingerprint density at radius 3 is 2.62 bits per heavy atom. The fourth-order valence-corrected chi connectivity index (χ4v) is 3.88. The van der Waals surface area contributed by atoms with Gasteiger partial charge in [0.15, 0.2) is 9.84 Å². The average Bonchev–Trinajstić information content (AvgIpc) is 2.56.